The van der Waals surface area contributed by atoms with Crippen molar-refractivity contribution in [1.29, 1.82) is 0 Å². The van der Waals surface area contributed by atoms with Gasteiger partial charge in [0.15, 0.2) is 5.96 Å². The van der Waals surface area contributed by atoms with Crippen LogP contribution in [0.3, 0.4) is 0 Å². The van der Waals surface area contributed by atoms with Gasteiger partial charge in [-0.3, -0.25) is 14.8 Å². The molecule has 5 nitrogen and oxygen atoms in total. The normalized spacial score (nSPS) is 24.9. The Morgan fingerprint density at radius 2 is 1.72 bits per heavy atom. The molecule has 0 amide bonds. The predicted octanol–water partition coefficient (Wildman–Crippen LogP) is 3.35. The Bertz CT molecular complexity index is 661. The molecule has 1 atom stereocenters. The van der Waals surface area contributed by atoms with Crippen LogP contribution in [0.1, 0.15) is 62.5 Å². The molecule has 2 N–H and O–H groups in total. The van der Waals surface area contributed by atoms with Gasteiger partial charge in [-0.15, -0.1) is 0 Å². The molecule has 1 aromatic carbocycles. The van der Waals surface area contributed by atoms with Gasteiger partial charge >= 0.3 is 0 Å². The Labute approximate surface area is 176 Å². The highest BCUT2D eigenvalue weighted by molar-refractivity contribution is 5.80. The van der Waals surface area contributed by atoms with E-state index in [1.807, 2.05) is 7.05 Å². The standard InChI is InChI=1S/C24H39N5/c1-25-24(27-22-13-16-29(19-22)23-11-5-6-12-23)26-17-20-9-3-4-10-21(20)18-28-14-7-2-8-15-28/h3-4,9-10,22-23H,2,5-8,11-19H2,1H3,(H2,25,26,27). The van der Waals surface area contributed by atoms with E-state index in [-0.39, 0.29) is 0 Å². The summed E-state index contributed by atoms with van der Waals surface area (Å²) in [6.45, 7) is 6.79. The lowest BCUT2D eigenvalue weighted by atomic mass is 10.0. The van der Waals surface area contributed by atoms with E-state index >= 15 is 0 Å². The van der Waals surface area contributed by atoms with Gasteiger partial charge in [0.2, 0.25) is 0 Å². The maximum atomic E-state index is 4.50. The smallest absolute Gasteiger partial charge is 0.191 e. The molecule has 0 bridgehead atoms. The van der Waals surface area contributed by atoms with Gasteiger partial charge in [0, 0.05) is 45.3 Å². The molecule has 3 aliphatic rings. The van der Waals surface area contributed by atoms with Crippen molar-refractivity contribution >= 4 is 5.96 Å². The molecular formula is C24H39N5. The van der Waals surface area contributed by atoms with Gasteiger partial charge in [-0.25, -0.2) is 0 Å². The molecule has 4 rings (SSSR count). The molecule has 2 heterocycles. The summed E-state index contributed by atoms with van der Waals surface area (Å²) in [5.74, 6) is 0.941. The van der Waals surface area contributed by atoms with E-state index in [0.717, 1.165) is 31.6 Å². The Morgan fingerprint density at radius 3 is 2.48 bits per heavy atom. The second kappa shape index (κ2) is 10.4. The number of likely N-dealkylation sites (tertiary alicyclic amines) is 2. The summed E-state index contributed by atoms with van der Waals surface area (Å²) in [7, 11) is 1.89. The molecule has 0 spiro atoms. The van der Waals surface area contributed by atoms with Crippen LogP contribution in [0.5, 0.6) is 0 Å². The number of piperidine rings is 1. The minimum absolute atomic E-state index is 0.519. The first kappa shape index (κ1) is 20.7. The molecule has 2 aliphatic heterocycles. The summed E-state index contributed by atoms with van der Waals surface area (Å²) >= 11 is 0. The fourth-order valence-electron chi connectivity index (χ4n) is 5.32. The quantitative estimate of drug-likeness (QED) is 0.571. The van der Waals surface area contributed by atoms with Crippen LogP contribution in [-0.2, 0) is 13.1 Å². The van der Waals surface area contributed by atoms with Crippen LogP contribution in [0.2, 0.25) is 0 Å². The second-order valence-corrected chi connectivity index (χ2v) is 9.09. The third-order valence-corrected chi connectivity index (χ3v) is 7.03. The minimum atomic E-state index is 0.519. The van der Waals surface area contributed by atoms with Crippen molar-refractivity contribution in [2.24, 2.45) is 4.99 Å². The molecule has 1 unspecified atom stereocenters. The zero-order valence-corrected chi connectivity index (χ0v) is 18.2. The zero-order valence-electron chi connectivity index (χ0n) is 18.2. The van der Waals surface area contributed by atoms with Gasteiger partial charge in [-0.1, -0.05) is 43.5 Å². The van der Waals surface area contributed by atoms with Crippen LogP contribution in [-0.4, -0.2) is 61.1 Å². The summed E-state index contributed by atoms with van der Waals surface area (Å²) in [4.78, 5) is 9.80. The third-order valence-electron chi connectivity index (χ3n) is 7.03. The van der Waals surface area contributed by atoms with E-state index in [4.69, 9.17) is 0 Å². The number of hydrogen-bond acceptors (Lipinski definition) is 3. The van der Waals surface area contributed by atoms with Gasteiger partial charge in [0.1, 0.15) is 0 Å². The van der Waals surface area contributed by atoms with Crippen LogP contribution < -0.4 is 10.6 Å². The molecule has 1 saturated carbocycles. The van der Waals surface area contributed by atoms with Crippen molar-refractivity contribution < 1.29 is 0 Å². The first-order valence-electron chi connectivity index (χ1n) is 11.8. The molecule has 2 saturated heterocycles. The summed E-state index contributed by atoms with van der Waals surface area (Å²) < 4.78 is 0. The summed E-state index contributed by atoms with van der Waals surface area (Å²) in [5, 5.41) is 7.25. The number of nitrogens with zero attached hydrogens (tertiary/aromatic N) is 3. The maximum Gasteiger partial charge on any atom is 0.191 e. The van der Waals surface area contributed by atoms with Crippen LogP contribution in [0.4, 0.5) is 0 Å². The largest absolute Gasteiger partial charge is 0.352 e. The second-order valence-electron chi connectivity index (χ2n) is 9.09. The Morgan fingerprint density at radius 1 is 0.966 bits per heavy atom. The number of rotatable bonds is 6. The summed E-state index contributed by atoms with van der Waals surface area (Å²) in [6, 6.07) is 10.2. The van der Waals surface area contributed by atoms with Crippen LogP contribution in [0.25, 0.3) is 0 Å². The van der Waals surface area contributed by atoms with Gasteiger partial charge in [-0.2, -0.15) is 0 Å². The Hall–Kier alpha value is -1.59. The van der Waals surface area contributed by atoms with Crippen molar-refractivity contribution in [3.05, 3.63) is 35.4 Å². The van der Waals surface area contributed by atoms with Crippen molar-refractivity contribution in [3.63, 3.8) is 0 Å². The topological polar surface area (TPSA) is 42.9 Å². The first-order valence-corrected chi connectivity index (χ1v) is 11.8. The molecule has 0 aromatic heterocycles. The summed E-state index contributed by atoms with van der Waals surface area (Å²) in [5.41, 5.74) is 2.84. The highest BCUT2D eigenvalue weighted by Crippen LogP contribution is 2.26. The average Bonchev–Trinajstić information content (AvgIpc) is 3.45. The van der Waals surface area contributed by atoms with Crippen molar-refractivity contribution in [1.82, 2.24) is 20.4 Å². The zero-order chi connectivity index (χ0) is 19.9. The molecular weight excluding hydrogens is 358 g/mol. The van der Waals surface area contributed by atoms with Crippen LogP contribution in [0.15, 0.2) is 29.3 Å². The maximum absolute atomic E-state index is 4.50. The highest BCUT2D eigenvalue weighted by Gasteiger charge is 2.30. The Kier molecular flexibility index (Phi) is 7.44. The molecule has 29 heavy (non-hydrogen) atoms. The number of benzene rings is 1. The van der Waals surface area contributed by atoms with Crippen molar-refractivity contribution in [2.75, 3.05) is 33.2 Å². The average molecular weight is 398 g/mol. The van der Waals surface area contributed by atoms with E-state index < -0.39 is 0 Å². The van der Waals surface area contributed by atoms with Gasteiger partial charge in [0.25, 0.3) is 0 Å². The van der Waals surface area contributed by atoms with Crippen LogP contribution in [0, 0.1) is 0 Å². The lowest BCUT2D eigenvalue weighted by molar-refractivity contribution is 0.220. The first-order chi connectivity index (χ1) is 14.3. The molecule has 1 aromatic rings. The van der Waals surface area contributed by atoms with Gasteiger partial charge in [-0.05, 0) is 56.3 Å². The van der Waals surface area contributed by atoms with E-state index in [9.17, 15) is 0 Å². The molecule has 1 aliphatic carbocycles. The molecule has 3 fully saturated rings. The summed E-state index contributed by atoms with van der Waals surface area (Å²) in [6.07, 6.45) is 10.9. The predicted molar refractivity (Wildman–Crippen MR) is 121 cm³/mol. The number of hydrogen-bond donors (Lipinski definition) is 2. The molecule has 160 valence electrons. The number of guanidine groups is 1. The van der Waals surface area contributed by atoms with E-state index in [1.54, 1.807) is 0 Å². The molecule has 0 radical (unpaired) electrons. The van der Waals surface area contributed by atoms with Gasteiger partial charge < -0.3 is 10.6 Å². The van der Waals surface area contributed by atoms with Crippen molar-refractivity contribution in [3.8, 4) is 0 Å². The SMILES string of the molecule is CN=C(NCc1ccccc1CN1CCCCC1)NC1CCN(C2CCCC2)C1. The van der Waals surface area contributed by atoms with E-state index in [0.29, 0.717) is 6.04 Å². The van der Waals surface area contributed by atoms with E-state index in [2.05, 4.69) is 49.7 Å². The lowest BCUT2D eigenvalue weighted by Crippen LogP contribution is -2.45. The number of nitrogens with one attached hydrogen (secondary N) is 2. The fourth-order valence-corrected chi connectivity index (χ4v) is 5.32. The lowest BCUT2D eigenvalue weighted by Gasteiger charge is -2.27. The highest BCUT2D eigenvalue weighted by atomic mass is 15.3. The number of aliphatic imine (C=N–C) groups is 1. The minimum Gasteiger partial charge on any atom is -0.352 e. The fraction of sp³-hybridized carbons (Fsp3) is 0.708. The van der Waals surface area contributed by atoms with Gasteiger partial charge in [0.05, 0.1) is 0 Å². The van der Waals surface area contributed by atoms with E-state index in [1.165, 1.54) is 82.1 Å². The molecule has 5 heteroatoms. The monoisotopic (exact) mass is 397 g/mol. The van der Waals surface area contributed by atoms with Crippen LogP contribution >= 0.6 is 0 Å². The Balaban J connectivity index is 1.27. The van der Waals surface area contributed by atoms with Crippen molar-refractivity contribution in [2.45, 2.75) is 76.5 Å². The third kappa shape index (κ3) is 5.73.